The van der Waals surface area contributed by atoms with Gasteiger partial charge in [0.15, 0.2) is 17.6 Å². The molecule has 1 fully saturated rings. The minimum absolute atomic E-state index is 0.370. The fourth-order valence-corrected chi connectivity index (χ4v) is 2.10. The first-order valence-corrected chi connectivity index (χ1v) is 6.08. The van der Waals surface area contributed by atoms with Gasteiger partial charge in [0.1, 0.15) is 5.69 Å². The van der Waals surface area contributed by atoms with Crippen molar-refractivity contribution in [3.63, 3.8) is 0 Å². The smallest absolute Gasteiger partial charge is 0.183 e. The third-order valence-corrected chi connectivity index (χ3v) is 3.03. The molecule has 0 bridgehead atoms. The molecule has 0 saturated carbocycles. The van der Waals surface area contributed by atoms with E-state index in [2.05, 4.69) is 16.0 Å². The molecule has 0 aliphatic carbocycles. The Hall–Kier alpha value is -1.84. The van der Waals surface area contributed by atoms with E-state index in [0.29, 0.717) is 31.2 Å². The second kappa shape index (κ2) is 6.36. The highest BCUT2D eigenvalue weighted by Crippen LogP contribution is 2.29. The number of ether oxygens (including phenoxy) is 3. The second-order valence-corrected chi connectivity index (χ2v) is 4.22. The summed E-state index contributed by atoms with van der Waals surface area (Å²) < 4.78 is 15.9. The maximum atomic E-state index is 8.90. The van der Waals surface area contributed by atoms with E-state index in [1.54, 1.807) is 26.5 Å². The molecule has 1 unspecified atom stereocenters. The zero-order valence-electron chi connectivity index (χ0n) is 11.1. The Morgan fingerprint density at radius 3 is 3.05 bits per heavy atom. The summed E-state index contributed by atoms with van der Waals surface area (Å²) in [6, 6.07) is 3.89. The van der Waals surface area contributed by atoms with Gasteiger partial charge in [-0.05, 0) is 0 Å². The molecule has 6 nitrogen and oxygen atoms in total. The Labute approximate surface area is 112 Å². The lowest BCUT2D eigenvalue weighted by Crippen LogP contribution is -2.41. The molecule has 6 heteroatoms. The normalized spacial score (nSPS) is 19.7. The number of rotatable bonds is 4. The van der Waals surface area contributed by atoms with Crippen LogP contribution in [-0.2, 0) is 11.3 Å². The van der Waals surface area contributed by atoms with Crippen LogP contribution in [0.5, 0.6) is 11.5 Å². The summed E-state index contributed by atoms with van der Waals surface area (Å²) in [5, 5.41) is 8.90. The number of nitrogens with zero attached hydrogens (tertiary/aromatic N) is 3. The predicted octanol–water partition coefficient (Wildman–Crippen LogP) is 0.823. The minimum atomic E-state index is -0.370. The summed E-state index contributed by atoms with van der Waals surface area (Å²) in [6.07, 6.45) is 1.32. The van der Waals surface area contributed by atoms with Gasteiger partial charge in [-0.2, -0.15) is 5.26 Å². The summed E-state index contributed by atoms with van der Waals surface area (Å²) in [5.74, 6) is 1.31. The van der Waals surface area contributed by atoms with E-state index in [4.69, 9.17) is 19.5 Å². The van der Waals surface area contributed by atoms with Crippen LogP contribution in [0.25, 0.3) is 0 Å². The molecule has 1 aromatic rings. The van der Waals surface area contributed by atoms with Crippen molar-refractivity contribution in [2.75, 3.05) is 33.9 Å². The molecule has 2 rings (SSSR count). The van der Waals surface area contributed by atoms with Crippen molar-refractivity contribution in [2.24, 2.45) is 0 Å². The lowest BCUT2D eigenvalue weighted by molar-refractivity contribution is -0.00339. The molecule has 1 aromatic heterocycles. The first-order chi connectivity index (χ1) is 9.28. The van der Waals surface area contributed by atoms with E-state index < -0.39 is 0 Å². The van der Waals surface area contributed by atoms with Crippen molar-refractivity contribution in [3.05, 3.63) is 18.0 Å². The van der Waals surface area contributed by atoms with Gasteiger partial charge in [-0.1, -0.05) is 0 Å². The number of morpholine rings is 1. The van der Waals surface area contributed by atoms with Crippen LogP contribution in [0.1, 0.15) is 5.69 Å². The zero-order valence-corrected chi connectivity index (χ0v) is 11.1. The van der Waals surface area contributed by atoms with Crippen LogP contribution in [0, 0.1) is 11.3 Å². The number of hydrogen-bond donors (Lipinski definition) is 0. The Morgan fingerprint density at radius 2 is 2.37 bits per heavy atom. The van der Waals surface area contributed by atoms with Gasteiger partial charge >= 0.3 is 0 Å². The standard InChI is InChI=1S/C13H17N3O3/c1-17-12-3-4-15-11(13(12)18-2)9-16-5-6-19-10(7-14)8-16/h3-4,10H,5-6,8-9H2,1-2H3. The van der Waals surface area contributed by atoms with E-state index in [-0.39, 0.29) is 6.10 Å². The topological polar surface area (TPSA) is 67.6 Å². The average molecular weight is 263 g/mol. The molecule has 1 atom stereocenters. The van der Waals surface area contributed by atoms with Gasteiger partial charge in [-0.25, -0.2) is 0 Å². The highest BCUT2D eigenvalue weighted by molar-refractivity contribution is 5.42. The predicted molar refractivity (Wildman–Crippen MR) is 68.0 cm³/mol. The Kier molecular flexibility index (Phi) is 4.55. The van der Waals surface area contributed by atoms with E-state index >= 15 is 0 Å². The monoisotopic (exact) mass is 263 g/mol. The number of pyridine rings is 1. The molecule has 0 aromatic carbocycles. The molecule has 19 heavy (non-hydrogen) atoms. The van der Waals surface area contributed by atoms with Crippen LogP contribution in [0.15, 0.2) is 12.3 Å². The van der Waals surface area contributed by atoms with Crippen LogP contribution >= 0.6 is 0 Å². The van der Waals surface area contributed by atoms with E-state index in [0.717, 1.165) is 12.2 Å². The van der Waals surface area contributed by atoms with Crippen molar-refractivity contribution in [3.8, 4) is 17.6 Å². The first-order valence-electron chi connectivity index (χ1n) is 6.08. The summed E-state index contributed by atoms with van der Waals surface area (Å²) in [4.78, 5) is 6.46. The summed E-state index contributed by atoms with van der Waals surface area (Å²) in [6.45, 7) is 2.53. The molecular weight excluding hydrogens is 246 g/mol. The zero-order chi connectivity index (χ0) is 13.7. The number of hydrogen-bond acceptors (Lipinski definition) is 6. The molecule has 2 heterocycles. The van der Waals surface area contributed by atoms with Gasteiger partial charge in [0.05, 0.1) is 26.9 Å². The summed E-state index contributed by atoms with van der Waals surface area (Å²) in [7, 11) is 3.20. The Morgan fingerprint density at radius 1 is 1.53 bits per heavy atom. The van der Waals surface area contributed by atoms with E-state index in [1.165, 1.54) is 0 Å². The van der Waals surface area contributed by atoms with Crippen molar-refractivity contribution in [1.82, 2.24) is 9.88 Å². The Bertz CT molecular complexity index is 473. The minimum Gasteiger partial charge on any atom is -0.493 e. The van der Waals surface area contributed by atoms with Gasteiger partial charge in [0, 0.05) is 31.9 Å². The molecule has 1 saturated heterocycles. The van der Waals surface area contributed by atoms with Crippen molar-refractivity contribution >= 4 is 0 Å². The van der Waals surface area contributed by atoms with E-state index in [9.17, 15) is 0 Å². The highest BCUT2D eigenvalue weighted by atomic mass is 16.5. The lowest BCUT2D eigenvalue weighted by Gasteiger charge is -2.29. The molecule has 0 spiro atoms. The van der Waals surface area contributed by atoms with Crippen molar-refractivity contribution in [2.45, 2.75) is 12.6 Å². The molecule has 1 aliphatic heterocycles. The third-order valence-electron chi connectivity index (χ3n) is 3.03. The summed E-state index contributed by atoms with van der Waals surface area (Å²) >= 11 is 0. The lowest BCUT2D eigenvalue weighted by atomic mass is 10.2. The summed E-state index contributed by atoms with van der Waals surface area (Å²) in [5.41, 5.74) is 0.806. The van der Waals surface area contributed by atoms with Crippen LogP contribution in [0.3, 0.4) is 0 Å². The van der Waals surface area contributed by atoms with Gasteiger partial charge < -0.3 is 14.2 Å². The Balaban J connectivity index is 2.12. The maximum absolute atomic E-state index is 8.90. The van der Waals surface area contributed by atoms with Crippen molar-refractivity contribution in [1.29, 1.82) is 5.26 Å². The van der Waals surface area contributed by atoms with Crippen molar-refractivity contribution < 1.29 is 14.2 Å². The van der Waals surface area contributed by atoms with Gasteiger partial charge in [-0.3, -0.25) is 9.88 Å². The number of methoxy groups -OCH3 is 2. The first kappa shape index (κ1) is 13.6. The molecule has 102 valence electrons. The highest BCUT2D eigenvalue weighted by Gasteiger charge is 2.22. The van der Waals surface area contributed by atoms with Crippen LogP contribution in [0.2, 0.25) is 0 Å². The molecule has 1 aliphatic rings. The molecule has 0 N–H and O–H groups in total. The van der Waals surface area contributed by atoms with Gasteiger partial charge in [0.2, 0.25) is 0 Å². The second-order valence-electron chi connectivity index (χ2n) is 4.22. The number of aromatic nitrogens is 1. The fraction of sp³-hybridized carbons (Fsp3) is 0.538. The quantitative estimate of drug-likeness (QED) is 0.801. The third kappa shape index (κ3) is 3.13. The van der Waals surface area contributed by atoms with Gasteiger partial charge in [-0.15, -0.1) is 0 Å². The van der Waals surface area contributed by atoms with Crippen LogP contribution < -0.4 is 9.47 Å². The molecular formula is C13H17N3O3. The van der Waals surface area contributed by atoms with Crippen LogP contribution in [-0.4, -0.2) is 49.9 Å². The average Bonchev–Trinajstić information content (AvgIpc) is 2.47. The van der Waals surface area contributed by atoms with E-state index in [1.807, 2.05) is 0 Å². The van der Waals surface area contributed by atoms with Crippen LogP contribution in [0.4, 0.5) is 0 Å². The van der Waals surface area contributed by atoms with Gasteiger partial charge in [0.25, 0.3) is 0 Å². The fourth-order valence-electron chi connectivity index (χ4n) is 2.10. The number of nitriles is 1. The maximum Gasteiger partial charge on any atom is 0.183 e. The SMILES string of the molecule is COc1ccnc(CN2CCOC(C#N)C2)c1OC. The molecule has 0 amide bonds. The largest absolute Gasteiger partial charge is 0.493 e. The molecule has 0 radical (unpaired) electrons.